The highest BCUT2D eigenvalue weighted by Crippen LogP contribution is 2.38. The molecular weight excluding hydrogens is 383 g/mol. The number of amides is 2. The summed E-state index contributed by atoms with van der Waals surface area (Å²) < 4.78 is 41.5. The van der Waals surface area contributed by atoms with Crippen molar-refractivity contribution in [3.05, 3.63) is 54.1 Å². The molecule has 0 fully saturated rings. The summed E-state index contributed by atoms with van der Waals surface area (Å²) in [7, 11) is 0. The Hall–Kier alpha value is -3.03. The molecule has 2 aliphatic heterocycles. The number of benzene rings is 2. The number of para-hydroxylation sites is 3. The highest BCUT2D eigenvalue weighted by Gasteiger charge is 2.49. The molecule has 2 atom stereocenters. The first kappa shape index (κ1) is 19.3. The van der Waals surface area contributed by atoms with Crippen molar-refractivity contribution in [2.75, 3.05) is 21.7 Å². The summed E-state index contributed by atoms with van der Waals surface area (Å²) in [6.45, 7) is 1.74. The fourth-order valence-electron chi connectivity index (χ4n) is 4.09. The van der Waals surface area contributed by atoms with E-state index in [-0.39, 0.29) is 24.0 Å². The third kappa shape index (κ3) is 3.54. The van der Waals surface area contributed by atoms with E-state index < -0.39 is 30.5 Å². The summed E-state index contributed by atoms with van der Waals surface area (Å²) in [5, 5.41) is 2.48. The molecule has 0 bridgehead atoms. The van der Waals surface area contributed by atoms with E-state index in [9.17, 15) is 22.8 Å². The first-order chi connectivity index (χ1) is 13.8. The van der Waals surface area contributed by atoms with Crippen LogP contribution in [0.25, 0.3) is 0 Å². The third-order valence-corrected chi connectivity index (χ3v) is 5.43. The Bertz CT molecular complexity index is 960. The Morgan fingerprint density at radius 1 is 1.07 bits per heavy atom. The van der Waals surface area contributed by atoms with Crippen LogP contribution in [0.1, 0.15) is 18.9 Å². The molecule has 0 saturated heterocycles. The first-order valence-electron chi connectivity index (χ1n) is 9.38. The lowest BCUT2D eigenvalue weighted by Gasteiger charge is -2.34. The van der Waals surface area contributed by atoms with Gasteiger partial charge in [0.2, 0.25) is 11.8 Å². The molecule has 0 saturated carbocycles. The topological polar surface area (TPSA) is 52.7 Å². The molecule has 0 spiro atoms. The quantitative estimate of drug-likeness (QED) is 0.831. The molecule has 0 aromatic heterocycles. The predicted octanol–water partition coefficient (Wildman–Crippen LogP) is 3.74. The smallest absolute Gasteiger partial charge is 0.359 e. The van der Waals surface area contributed by atoms with Gasteiger partial charge in [0.15, 0.2) is 0 Å². The van der Waals surface area contributed by atoms with Crippen LogP contribution in [0.3, 0.4) is 0 Å². The third-order valence-electron chi connectivity index (χ3n) is 5.43. The number of hydrogen-bond donors (Lipinski definition) is 1. The maximum Gasteiger partial charge on any atom is 0.409 e. The second-order valence-electron chi connectivity index (χ2n) is 7.40. The average molecular weight is 403 g/mol. The van der Waals surface area contributed by atoms with Crippen LogP contribution in [0.2, 0.25) is 0 Å². The fourth-order valence-corrected chi connectivity index (χ4v) is 4.09. The van der Waals surface area contributed by atoms with Crippen LogP contribution in [0.4, 0.5) is 30.2 Å². The standard InChI is InChI=1S/C21H20F3N3O2/c1-13-10-14-6-2-4-8-16(14)26(13)12-20(29)27-17-9-5-3-7-15(17)25-19(28)11-18(27)21(22,23)24/h2-9,13,18H,10-12H2,1H3,(H,25,28)/t13-,18-/m1/s1. The second-order valence-corrected chi connectivity index (χ2v) is 7.40. The van der Waals surface area contributed by atoms with Crippen molar-refractivity contribution in [2.24, 2.45) is 0 Å². The van der Waals surface area contributed by atoms with Crippen LogP contribution in [0, 0.1) is 0 Å². The molecule has 152 valence electrons. The zero-order chi connectivity index (χ0) is 20.8. The zero-order valence-electron chi connectivity index (χ0n) is 15.7. The Morgan fingerprint density at radius 2 is 1.72 bits per heavy atom. The van der Waals surface area contributed by atoms with Gasteiger partial charge in [-0.15, -0.1) is 0 Å². The number of fused-ring (bicyclic) bond motifs is 2. The highest BCUT2D eigenvalue weighted by atomic mass is 19.4. The molecule has 4 rings (SSSR count). The van der Waals surface area contributed by atoms with Crippen LogP contribution in [-0.4, -0.2) is 36.6 Å². The van der Waals surface area contributed by atoms with Gasteiger partial charge >= 0.3 is 6.18 Å². The van der Waals surface area contributed by atoms with Gasteiger partial charge < -0.3 is 10.2 Å². The monoisotopic (exact) mass is 403 g/mol. The molecule has 1 N–H and O–H groups in total. The number of nitrogens with one attached hydrogen (secondary N) is 1. The van der Waals surface area contributed by atoms with Crippen molar-refractivity contribution in [1.29, 1.82) is 0 Å². The van der Waals surface area contributed by atoms with Gasteiger partial charge in [0, 0.05) is 11.7 Å². The van der Waals surface area contributed by atoms with Crippen LogP contribution < -0.4 is 15.1 Å². The molecule has 0 unspecified atom stereocenters. The SMILES string of the molecule is C[C@@H]1Cc2ccccc2N1CC(=O)N1c2ccccc2NC(=O)C[C@@H]1C(F)(F)F. The van der Waals surface area contributed by atoms with Crippen molar-refractivity contribution in [2.45, 2.75) is 38.0 Å². The van der Waals surface area contributed by atoms with Crippen molar-refractivity contribution >= 4 is 28.9 Å². The summed E-state index contributed by atoms with van der Waals surface area (Å²) in [5.41, 5.74) is 2.18. The predicted molar refractivity (Wildman–Crippen MR) is 104 cm³/mol. The lowest BCUT2D eigenvalue weighted by Crippen LogP contribution is -2.53. The molecule has 0 radical (unpaired) electrons. The van der Waals surface area contributed by atoms with E-state index in [2.05, 4.69) is 5.32 Å². The molecule has 5 nitrogen and oxygen atoms in total. The fraction of sp³-hybridized carbons (Fsp3) is 0.333. The van der Waals surface area contributed by atoms with E-state index >= 15 is 0 Å². The molecule has 2 amide bonds. The molecule has 2 aromatic carbocycles. The molecule has 0 aliphatic carbocycles. The highest BCUT2D eigenvalue weighted by molar-refractivity contribution is 6.06. The number of carbonyl (C=O) groups is 2. The number of nitrogens with zero attached hydrogens (tertiary/aromatic N) is 2. The van der Waals surface area contributed by atoms with Gasteiger partial charge in [-0.05, 0) is 37.1 Å². The lowest BCUT2D eigenvalue weighted by atomic mass is 10.1. The van der Waals surface area contributed by atoms with Crippen molar-refractivity contribution in [3.8, 4) is 0 Å². The van der Waals surface area contributed by atoms with Gasteiger partial charge in [-0.25, -0.2) is 0 Å². The number of rotatable bonds is 2. The Labute approximate surface area is 166 Å². The van der Waals surface area contributed by atoms with Crippen LogP contribution in [0.15, 0.2) is 48.5 Å². The Balaban J connectivity index is 1.72. The Kier molecular flexibility index (Phi) is 4.72. The van der Waals surface area contributed by atoms with E-state index in [0.717, 1.165) is 22.6 Å². The van der Waals surface area contributed by atoms with Gasteiger partial charge in [-0.1, -0.05) is 30.3 Å². The van der Waals surface area contributed by atoms with E-state index in [0.29, 0.717) is 0 Å². The second kappa shape index (κ2) is 7.09. The van der Waals surface area contributed by atoms with Crippen molar-refractivity contribution in [1.82, 2.24) is 0 Å². The summed E-state index contributed by atoms with van der Waals surface area (Å²) in [6, 6.07) is 11.4. The number of alkyl halides is 3. The van der Waals surface area contributed by atoms with E-state index in [4.69, 9.17) is 0 Å². The molecule has 2 aliphatic rings. The van der Waals surface area contributed by atoms with Crippen LogP contribution >= 0.6 is 0 Å². The number of anilines is 3. The number of halogens is 3. The lowest BCUT2D eigenvalue weighted by molar-refractivity contribution is -0.157. The summed E-state index contributed by atoms with van der Waals surface area (Å²) >= 11 is 0. The van der Waals surface area contributed by atoms with E-state index in [1.165, 1.54) is 12.1 Å². The van der Waals surface area contributed by atoms with Crippen molar-refractivity contribution < 1.29 is 22.8 Å². The average Bonchev–Trinajstić information content (AvgIpc) is 2.87. The molecular formula is C21H20F3N3O2. The maximum absolute atomic E-state index is 13.8. The van der Waals surface area contributed by atoms with Gasteiger partial charge in [-0.2, -0.15) is 13.2 Å². The van der Waals surface area contributed by atoms with Gasteiger partial charge in [0.1, 0.15) is 6.04 Å². The van der Waals surface area contributed by atoms with E-state index in [1.807, 2.05) is 36.1 Å². The van der Waals surface area contributed by atoms with Gasteiger partial charge in [0.05, 0.1) is 24.3 Å². The zero-order valence-corrected chi connectivity index (χ0v) is 15.7. The summed E-state index contributed by atoms with van der Waals surface area (Å²) in [5.74, 6) is -1.46. The van der Waals surface area contributed by atoms with Crippen LogP contribution in [-0.2, 0) is 16.0 Å². The minimum Gasteiger partial charge on any atom is -0.359 e. The molecule has 8 heteroatoms. The number of carbonyl (C=O) groups excluding carboxylic acids is 2. The summed E-state index contributed by atoms with van der Waals surface area (Å²) in [6.07, 6.45) is -4.85. The maximum atomic E-state index is 13.8. The van der Waals surface area contributed by atoms with Gasteiger partial charge in [-0.3, -0.25) is 14.5 Å². The normalized spacial score (nSPS) is 21.3. The Morgan fingerprint density at radius 3 is 2.45 bits per heavy atom. The van der Waals surface area contributed by atoms with E-state index in [1.54, 1.807) is 12.1 Å². The summed E-state index contributed by atoms with van der Waals surface area (Å²) in [4.78, 5) is 27.9. The molecule has 29 heavy (non-hydrogen) atoms. The number of hydrogen-bond acceptors (Lipinski definition) is 3. The van der Waals surface area contributed by atoms with Crippen molar-refractivity contribution in [3.63, 3.8) is 0 Å². The van der Waals surface area contributed by atoms with Crippen LogP contribution in [0.5, 0.6) is 0 Å². The first-order valence-corrected chi connectivity index (χ1v) is 9.38. The largest absolute Gasteiger partial charge is 0.409 e. The molecule has 2 heterocycles. The van der Waals surface area contributed by atoms with Gasteiger partial charge in [0.25, 0.3) is 0 Å². The minimum atomic E-state index is -4.74. The minimum absolute atomic E-state index is 0.0114. The molecule has 2 aromatic rings.